The van der Waals surface area contributed by atoms with Crippen molar-refractivity contribution in [2.45, 2.75) is 63.5 Å². The van der Waals surface area contributed by atoms with Crippen molar-refractivity contribution >= 4 is 27.5 Å². The number of benzene rings is 2. The molecule has 2 aromatic carbocycles. The van der Waals surface area contributed by atoms with Gasteiger partial charge in [-0.2, -0.15) is 0 Å². The Morgan fingerprint density at radius 2 is 1.96 bits per heavy atom. The molecule has 148 valence electrons. The summed E-state index contributed by atoms with van der Waals surface area (Å²) in [6.07, 6.45) is 5.52. The van der Waals surface area contributed by atoms with Crippen LogP contribution < -0.4 is 10.6 Å². The topological polar surface area (TPSA) is 41.1 Å². The lowest BCUT2D eigenvalue weighted by molar-refractivity contribution is 0.0943. The highest BCUT2D eigenvalue weighted by atomic mass is 79.9. The number of nitrogens with one attached hydrogen (secondary N) is 2. The number of carbonyl (C=O) groups is 1. The lowest BCUT2D eigenvalue weighted by atomic mass is 9.69. The maximum atomic E-state index is 13.9. The van der Waals surface area contributed by atoms with Crippen LogP contribution in [0.4, 0.5) is 10.1 Å². The average molecular weight is 445 g/mol. The molecule has 5 heteroatoms. The van der Waals surface area contributed by atoms with E-state index in [0.29, 0.717) is 5.56 Å². The molecule has 1 spiro atoms. The zero-order chi connectivity index (χ0) is 19.9. The molecule has 0 radical (unpaired) electrons. The van der Waals surface area contributed by atoms with Crippen LogP contribution in [0.5, 0.6) is 0 Å². The van der Waals surface area contributed by atoms with Crippen LogP contribution in [-0.4, -0.2) is 11.9 Å². The van der Waals surface area contributed by atoms with Crippen LogP contribution in [-0.2, 0) is 5.41 Å². The predicted molar refractivity (Wildman–Crippen MR) is 114 cm³/mol. The number of hydrogen-bond donors (Lipinski definition) is 2. The fraction of sp³-hybridized carbons (Fsp3) is 0.435. The summed E-state index contributed by atoms with van der Waals surface area (Å²) >= 11 is 3.60. The van der Waals surface area contributed by atoms with Crippen LogP contribution in [0.3, 0.4) is 0 Å². The van der Waals surface area contributed by atoms with Crippen molar-refractivity contribution in [3.8, 4) is 0 Å². The van der Waals surface area contributed by atoms with Gasteiger partial charge in [0.25, 0.3) is 5.91 Å². The third kappa shape index (κ3) is 3.57. The second-order valence-corrected chi connectivity index (χ2v) is 9.30. The van der Waals surface area contributed by atoms with E-state index in [2.05, 4.69) is 32.6 Å². The van der Waals surface area contributed by atoms with E-state index in [1.54, 1.807) is 12.1 Å². The van der Waals surface area contributed by atoms with E-state index in [1.807, 2.05) is 26.0 Å². The molecule has 1 heterocycles. The highest BCUT2D eigenvalue weighted by Crippen LogP contribution is 2.53. The first kappa shape index (κ1) is 19.4. The Labute approximate surface area is 174 Å². The van der Waals surface area contributed by atoms with Crippen LogP contribution >= 0.6 is 15.9 Å². The Hall–Kier alpha value is -1.88. The first-order valence-electron chi connectivity index (χ1n) is 10.0. The highest BCUT2D eigenvalue weighted by Gasteiger charge is 2.43. The van der Waals surface area contributed by atoms with E-state index in [4.69, 9.17) is 0 Å². The maximum absolute atomic E-state index is 13.9. The Morgan fingerprint density at radius 1 is 1.21 bits per heavy atom. The summed E-state index contributed by atoms with van der Waals surface area (Å²) < 4.78 is 14.8. The highest BCUT2D eigenvalue weighted by molar-refractivity contribution is 9.10. The molecule has 4 rings (SSSR count). The number of fused-ring (bicyclic) bond motifs is 2. The molecule has 28 heavy (non-hydrogen) atoms. The molecule has 1 aliphatic heterocycles. The Bertz CT molecular complexity index is 905. The number of carbonyl (C=O) groups excluding carboxylic acids is 1. The van der Waals surface area contributed by atoms with E-state index in [-0.39, 0.29) is 29.2 Å². The number of hydrogen-bond acceptors (Lipinski definition) is 2. The molecule has 3 nitrogen and oxygen atoms in total. The monoisotopic (exact) mass is 444 g/mol. The summed E-state index contributed by atoms with van der Waals surface area (Å²) in [6, 6.07) is 11.0. The van der Waals surface area contributed by atoms with Crippen LogP contribution in [0.1, 0.15) is 73.5 Å². The van der Waals surface area contributed by atoms with Crippen molar-refractivity contribution < 1.29 is 9.18 Å². The molecule has 0 aromatic heterocycles. The fourth-order valence-electron chi connectivity index (χ4n) is 4.83. The van der Waals surface area contributed by atoms with E-state index in [1.165, 1.54) is 24.5 Å². The van der Waals surface area contributed by atoms with Crippen molar-refractivity contribution in [3.05, 3.63) is 63.4 Å². The molecule has 2 aromatic rings. The van der Waals surface area contributed by atoms with Gasteiger partial charge in [-0.15, -0.1) is 0 Å². The zero-order valence-electron chi connectivity index (χ0n) is 16.3. The normalized spacial score (nSPS) is 20.1. The van der Waals surface area contributed by atoms with Crippen LogP contribution in [0.2, 0.25) is 0 Å². The smallest absolute Gasteiger partial charge is 0.251 e. The third-order valence-corrected chi connectivity index (χ3v) is 6.81. The number of halogens is 2. The van der Waals surface area contributed by atoms with Gasteiger partial charge in [0.15, 0.2) is 0 Å². The first-order valence-corrected chi connectivity index (χ1v) is 10.8. The van der Waals surface area contributed by atoms with Gasteiger partial charge in [0.05, 0.1) is 6.04 Å². The van der Waals surface area contributed by atoms with Gasteiger partial charge >= 0.3 is 0 Å². The molecule has 1 unspecified atom stereocenters. The van der Waals surface area contributed by atoms with Crippen LogP contribution in [0, 0.1) is 5.82 Å². The summed E-state index contributed by atoms with van der Waals surface area (Å²) in [6.45, 7) is 3.94. The average Bonchev–Trinajstić information content (AvgIpc) is 3.11. The molecule has 1 atom stereocenters. The van der Waals surface area contributed by atoms with Crippen LogP contribution in [0.15, 0.2) is 40.9 Å². The van der Waals surface area contributed by atoms with Crippen molar-refractivity contribution in [2.75, 3.05) is 5.32 Å². The maximum Gasteiger partial charge on any atom is 0.251 e. The second kappa shape index (κ2) is 7.51. The third-order valence-electron chi connectivity index (χ3n) is 6.09. The van der Waals surface area contributed by atoms with Gasteiger partial charge in [-0.05, 0) is 86.1 Å². The summed E-state index contributed by atoms with van der Waals surface area (Å²) in [4.78, 5) is 12.5. The van der Waals surface area contributed by atoms with Crippen molar-refractivity contribution in [3.63, 3.8) is 0 Å². The minimum atomic E-state index is -0.216. The van der Waals surface area contributed by atoms with E-state index >= 15 is 0 Å². The molecular weight excluding hydrogens is 419 g/mol. The Balaban J connectivity index is 1.74. The Kier molecular flexibility index (Phi) is 5.21. The van der Waals surface area contributed by atoms with Gasteiger partial charge in [0.1, 0.15) is 5.82 Å². The first-order chi connectivity index (χ1) is 13.4. The van der Waals surface area contributed by atoms with E-state index < -0.39 is 0 Å². The summed E-state index contributed by atoms with van der Waals surface area (Å²) in [5.41, 5.74) is 4.02. The largest absolute Gasteiger partial charge is 0.378 e. The van der Waals surface area contributed by atoms with Crippen molar-refractivity contribution in [1.29, 1.82) is 0 Å². The Morgan fingerprint density at radius 3 is 2.68 bits per heavy atom. The minimum absolute atomic E-state index is 0.0269. The van der Waals surface area contributed by atoms with Gasteiger partial charge in [-0.1, -0.05) is 28.8 Å². The molecule has 2 aliphatic rings. The number of anilines is 1. The lowest BCUT2D eigenvalue weighted by Gasteiger charge is -2.42. The molecule has 0 bridgehead atoms. The molecule has 1 saturated carbocycles. The number of rotatable bonds is 3. The standard InChI is InChI=1S/C23H26BrFN2O/c1-14(2)26-22(28)15-5-8-20-18(11-15)23(9-3-4-10-23)13-21(27-20)17-12-16(25)6-7-19(17)24/h5-8,11-12,14,21,27H,3-4,9-10,13H2,1-2H3,(H,26,28). The van der Waals surface area contributed by atoms with Crippen LogP contribution in [0.25, 0.3) is 0 Å². The SMILES string of the molecule is CC(C)NC(=O)c1ccc2c(c1)C1(CCCC1)CC(c1cc(F)ccc1Br)N2. The fourth-order valence-corrected chi connectivity index (χ4v) is 5.35. The number of amides is 1. The summed E-state index contributed by atoms with van der Waals surface area (Å²) in [5.74, 6) is -0.243. The van der Waals surface area contributed by atoms with E-state index in [0.717, 1.165) is 35.0 Å². The quantitative estimate of drug-likeness (QED) is 0.600. The zero-order valence-corrected chi connectivity index (χ0v) is 17.9. The van der Waals surface area contributed by atoms with Crippen molar-refractivity contribution in [1.82, 2.24) is 5.32 Å². The van der Waals surface area contributed by atoms with E-state index in [9.17, 15) is 9.18 Å². The molecule has 1 amide bonds. The molecular formula is C23H26BrFN2O. The van der Waals surface area contributed by atoms with Gasteiger partial charge in [-0.3, -0.25) is 4.79 Å². The molecule has 0 saturated heterocycles. The molecule has 2 N–H and O–H groups in total. The molecule has 1 fully saturated rings. The summed E-state index contributed by atoms with van der Waals surface area (Å²) in [5, 5.41) is 6.60. The second-order valence-electron chi connectivity index (χ2n) is 8.44. The predicted octanol–water partition coefficient (Wildman–Crippen LogP) is 6.10. The van der Waals surface area contributed by atoms with Gasteiger partial charge in [-0.25, -0.2) is 4.39 Å². The van der Waals surface area contributed by atoms with Gasteiger partial charge in [0, 0.05) is 21.8 Å². The van der Waals surface area contributed by atoms with Gasteiger partial charge < -0.3 is 10.6 Å². The van der Waals surface area contributed by atoms with Gasteiger partial charge in [0.2, 0.25) is 0 Å². The summed E-state index contributed by atoms with van der Waals surface area (Å²) in [7, 11) is 0. The van der Waals surface area contributed by atoms with Crippen molar-refractivity contribution in [2.24, 2.45) is 0 Å². The minimum Gasteiger partial charge on any atom is -0.378 e. The molecule has 1 aliphatic carbocycles. The lowest BCUT2D eigenvalue weighted by Crippen LogP contribution is -2.35.